The highest BCUT2D eigenvalue weighted by Crippen LogP contribution is 2.42. The number of hydrogen-bond acceptors (Lipinski definition) is 3. The highest BCUT2D eigenvalue weighted by Gasteiger charge is 2.28. The predicted octanol–water partition coefficient (Wildman–Crippen LogP) is 4.32. The van der Waals surface area contributed by atoms with Crippen molar-refractivity contribution in [1.29, 1.82) is 0 Å². The third kappa shape index (κ3) is 2.63. The average molecular weight is 532 g/mol. The van der Waals surface area contributed by atoms with E-state index in [9.17, 15) is 14.7 Å². The number of rotatable bonds is 2. The normalized spacial score (nSPS) is 10.6. The summed E-state index contributed by atoms with van der Waals surface area (Å²) in [5.41, 5.74) is -0.108. The molecule has 1 aromatic carbocycles. The Balaban J connectivity index is 2.81. The molecule has 0 aliphatic rings. The van der Waals surface area contributed by atoms with Gasteiger partial charge in [-0.25, -0.2) is 9.78 Å². The number of halogens is 4. The molecule has 1 N–H and O–H groups in total. The summed E-state index contributed by atoms with van der Waals surface area (Å²) in [6.45, 7) is 0. The van der Waals surface area contributed by atoms with Crippen LogP contribution in [0.25, 0.3) is 0 Å². The molecule has 5 nitrogen and oxygen atoms in total. The van der Waals surface area contributed by atoms with Crippen LogP contribution in [-0.2, 0) is 0 Å². The highest BCUT2D eigenvalue weighted by molar-refractivity contribution is 9.15. The molecule has 0 unspecified atom stereocenters. The Kier molecular flexibility index (Phi) is 4.83. The van der Waals surface area contributed by atoms with E-state index in [1.807, 2.05) is 0 Å². The van der Waals surface area contributed by atoms with Gasteiger partial charge < -0.3 is 5.11 Å². The maximum absolute atomic E-state index is 12.4. The molecular weight excluding hydrogens is 528 g/mol. The van der Waals surface area contributed by atoms with Gasteiger partial charge in [0.2, 0.25) is 0 Å². The summed E-state index contributed by atoms with van der Waals surface area (Å²) in [5, 5.41) is 9.37. The maximum atomic E-state index is 12.4. The second kappa shape index (κ2) is 6.08. The fraction of sp³-hybridized carbons (Fsp3) is 0. The molecule has 0 bridgehead atoms. The molecule has 0 aliphatic carbocycles. The van der Waals surface area contributed by atoms with Gasteiger partial charge in [0.05, 0.1) is 11.1 Å². The van der Waals surface area contributed by atoms with E-state index < -0.39 is 11.9 Å². The van der Waals surface area contributed by atoms with Crippen LogP contribution < -0.4 is 0 Å². The lowest BCUT2D eigenvalue weighted by Gasteiger charge is -2.14. The van der Waals surface area contributed by atoms with E-state index in [-0.39, 0.29) is 15.6 Å². The van der Waals surface area contributed by atoms with E-state index in [2.05, 4.69) is 68.7 Å². The molecule has 2 aromatic rings. The number of carboxylic acid groups (broad SMARTS) is 1. The molecule has 0 spiro atoms. The van der Waals surface area contributed by atoms with Crippen LogP contribution in [0.5, 0.6) is 0 Å². The number of aromatic nitrogens is 2. The highest BCUT2D eigenvalue weighted by atomic mass is 79.9. The molecule has 9 heteroatoms. The monoisotopic (exact) mass is 528 g/mol. The van der Waals surface area contributed by atoms with Gasteiger partial charge in [-0.2, -0.15) is 0 Å². The number of imidazole rings is 1. The molecule has 104 valence electrons. The van der Waals surface area contributed by atoms with Crippen molar-refractivity contribution in [3.05, 3.63) is 47.7 Å². The lowest BCUT2D eigenvalue weighted by molar-refractivity contribution is 0.0690. The third-order valence-corrected chi connectivity index (χ3v) is 7.20. The first-order valence-corrected chi connectivity index (χ1v) is 8.15. The molecule has 0 atom stereocenters. The van der Waals surface area contributed by atoms with E-state index in [1.165, 1.54) is 23.3 Å². The van der Waals surface area contributed by atoms with Crippen LogP contribution in [0.4, 0.5) is 0 Å². The molecule has 0 radical (unpaired) electrons. The molecule has 0 saturated carbocycles. The standard InChI is InChI=1S/C11H4Br4N2O3/c12-6-4(10(18)17-2-1-16-3-17)5(11(19)20)7(13)9(15)8(6)14/h1-3H,(H,19,20). The zero-order valence-corrected chi connectivity index (χ0v) is 15.7. The lowest BCUT2D eigenvalue weighted by Crippen LogP contribution is -2.17. The van der Waals surface area contributed by atoms with Gasteiger partial charge >= 0.3 is 5.97 Å². The summed E-state index contributed by atoms with van der Waals surface area (Å²) in [7, 11) is 0. The first kappa shape index (κ1) is 15.9. The quantitative estimate of drug-likeness (QED) is 0.463. The van der Waals surface area contributed by atoms with Gasteiger partial charge in [0, 0.05) is 30.3 Å². The van der Waals surface area contributed by atoms with E-state index in [0.717, 1.165) is 0 Å². The smallest absolute Gasteiger partial charge is 0.337 e. The molecule has 0 amide bonds. The summed E-state index contributed by atoms with van der Waals surface area (Å²) in [6, 6.07) is 0. The van der Waals surface area contributed by atoms with Crippen LogP contribution in [0.3, 0.4) is 0 Å². The Labute approximate surface area is 146 Å². The molecule has 1 heterocycles. The van der Waals surface area contributed by atoms with Gasteiger partial charge in [-0.3, -0.25) is 9.36 Å². The summed E-state index contributed by atoms with van der Waals surface area (Å²) in [4.78, 5) is 27.7. The van der Waals surface area contributed by atoms with Crippen molar-refractivity contribution in [2.24, 2.45) is 0 Å². The second-order valence-electron chi connectivity index (χ2n) is 3.59. The molecule has 0 fully saturated rings. The molecular formula is C11H4Br4N2O3. The minimum Gasteiger partial charge on any atom is -0.478 e. The number of carbonyl (C=O) groups is 2. The Hall–Kier alpha value is -0.510. The van der Waals surface area contributed by atoms with Gasteiger partial charge in [0.1, 0.15) is 6.33 Å². The number of benzene rings is 1. The first-order chi connectivity index (χ1) is 9.36. The van der Waals surface area contributed by atoms with Crippen molar-refractivity contribution in [2.75, 3.05) is 0 Å². The van der Waals surface area contributed by atoms with E-state index >= 15 is 0 Å². The zero-order chi connectivity index (χ0) is 15.0. The number of hydrogen-bond donors (Lipinski definition) is 1. The van der Waals surface area contributed by atoms with Crippen LogP contribution in [0.15, 0.2) is 36.6 Å². The van der Waals surface area contributed by atoms with Gasteiger partial charge in [0.15, 0.2) is 0 Å². The summed E-state index contributed by atoms with van der Waals surface area (Å²) in [5.74, 6) is -1.71. The van der Waals surface area contributed by atoms with Crippen molar-refractivity contribution >= 4 is 75.6 Å². The van der Waals surface area contributed by atoms with Crippen molar-refractivity contribution < 1.29 is 14.7 Å². The van der Waals surface area contributed by atoms with Gasteiger partial charge in [-0.15, -0.1) is 0 Å². The molecule has 0 aliphatic heterocycles. The van der Waals surface area contributed by atoms with Crippen molar-refractivity contribution in [3.8, 4) is 0 Å². The van der Waals surface area contributed by atoms with Crippen molar-refractivity contribution in [2.45, 2.75) is 0 Å². The predicted molar refractivity (Wildman–Crippen MR) is 86.2 cm³/mol. The summed E-state index contributed by atoms with van der Waals surface area (Å²) >= 11 is 13.0. The zero-order valence-electron chi connectivity index (χ0n) is 9.40. The van der Waals surface area contributed by atoms with E-state index in [1.54, 1.807) is 0 Å². The number of carboxylic acids is 1. The SMILES string of the molecule is O=C(O)c1c(Br)c(Br)c(Br)c(Br)c1C(=O)n1ccnc1. The minimum atomic E-state index is -1.21. The van der Waals surface area contributed by atoms with Gasteiger partial charge in [-0.05, 0) is 63.7 Å². The van der Waals surface area contributed by atoms with Crippen LogP contribution in [0.2, 0.25) is 0 Å². The fourth-order valence-electron chi connectivity index (χ4n) is 1.54. The maximum Gasteiger partial charge on any atom is 0.337 e. The topological polar surface area (TPSA) is 72.2 Å². The Morgan fingerprint density at radius 3 is 2.00 bits per heavy atom. The van der Waals surface area contributed by atoms with Crippen LogP contribution in [0, 0.1) is 0 Å². The number of carbonyl (C=O) groups excluding carboxylic acids is 1. The summed E-state index contributed by atoms with van der Waals surface area (Å²) < 4.78 is 2.88. The van der Waals surface area contributed by atoms with Crippen LogP contribution >= 0.6 is 63.7 Å². The lowest BCUT2D eigenvalue weighted by atomic mass is 10.1. The number of aromatic carboxylic acids is 1. The van der Waals surface area contributed by atoms with Crippen LogP contribution in [0.1, 0.15) is 20.7 Å². The van der Waals surface area contributed by atoms with Crippen molar-refractivity contribution in [1.82, 2.24) is 9.55 Å². The fourth-order valence-corrected chi connectivity index (χ4v) is 4.00. The van der Waals surface area contributed by atoms with Gasteiger partial charge in [-0.1, -0.05) is 0 Å². The largest absolute Gasteiger partial charge is 0.478 e. The van der Waals surface area contributed by atoms with E-state index in [4.69, 9.17) is 0 Å². The Morgan fingerprint density at radius 1 is 1.00 bits per heavy atom. The minimum absolute atomic E-state index is 0.0254. The molecule has 0 saturated heterocycles. The second-order valence-corrected chi connectivity index (χ2v) is 6.76. The average Bonchev–Trinajstić information content (AvgIpc) is 2.93. The Morgan fingerprint density at radius 2 is 1.55 bits per heavy atom. The van der Waals surface area contributed by atoms with Crippen LogP contribution in [-0.4, -0.2) is 26.5 Å². The van der Waals surface area contributed by atoms with E-state index in [0.29, 0.717) is 13.4 Å². The Bertz CT molecular complexity index is 713. The summed E-state index contributed by atoms with van der Waals surface area (Å²) in [6.07, 6.45) is 4.20. The molecule has 20 heavy (non-hydrogen) atoms. The molecule has 2 rings (SSSR count). The van der Waals surface area contributed by atoms with Crippen molar-refractivity contribution in [3.63, 3.8) is 0 Å². The van der Waals surface area contributed by atoms with Gasteiger partial charge in [0.25, 0.3) is 5.91 Å². The first-order valence-electron chi connectivity index (χ1n) is 4.98. The number of nitrogens with zero attached hydrogens (tertiary/aromatic N) is 2. The third-order valence-electron chi connectivity index (χ3n) is 2.43. The molecule has 1 aromatic heterocycles.